The van der Waals surface area contributed by atoms with Crippen LogP contribution in [0, 0.1) is 5.92 Å². The summed E-state index contributed by atoms with van der Waals surface area (Å²) in [5.74, 6) is -1.07. The Balaban J connectivity index is 2.02. The second kappa shape index (κ2) is 6.40. The molecule has 1 aliphatic carbocycles. The Morgan fingerprint density at radius 1 is 1.12 bits per heavy atom. The third-order valence-corrected chi connectivity index (χ3v) is 4.68. The van der Waals surface area contributed by atoms with Crippen LogP contribution in [0.3, 0.4) is 0 Å². The highest BCUT2D eigenvalue weighted by atomic mass is 16.3. The molecule has 4 nitrogen and oxygen atoms in total. The van der Waals surface area contributed by atoms with Crippen molar-refractivity contribution in [2.75, 3.05) is 5.73 Å². The third-order valence-electron chi connectivity index (χ3n) is 4.68. The number of carbonyl (C=O) groups is 1. The molecule has 2 aromatic rings. The highest BCUT2D eigenvalue weighted by molar-refractivity contribution is 6.03. The Morgan fingerprint density at radius 3 is 2.38 bits per heavy atom. The molecule has 3 rings (SSSR count). The highest BCUT2D eigenvalue weighted by Crippen LogP contribution is 2.42. The van der Waals surface area contributed by atoms with E-state index in [2.05, 4.69) is 6.08 Å². The number of hydrogen-bond acceptors (Lipinski definition) is 4. The zero-order valence-corrected chi connectivity index (χ0v) is 13.6. The summed E-state index contributed by atoms with van der Waals surface area (Å²) in [6, 6.07) is 12.5. The zero-order valence-electron chi connectivity index (χ0n) is 13.6. The topological polar surface area (TPSA) is 83.5 Å². The van der Waals surface area contributed by atoms with Crippen molar-refractivity contribution >= 4 is 11.5 Å². The molecule has 0 saturated carbocycles. The van der Waals surface area contributed by atoms with Gasteiger partial charge in [-0.1, -0.05) is 42.0 Å². The van der Waals surface area contributed by atoms with Crippen molar-refractivity contribution in [2.24, 2.45) is 5.92 Å². The molecule has 0 spiro atoms. The van der Waals surface area contributed by atoms with Crippen LogP contribution in [-0.2, 0) is 0 Å². The molecule has 0 heterocycles. The van der Waals surface area contributed by atoms with Crippen molar-refractivity contribution in [1.29, 1.82) is 0 Å². The number of ketones is 1. The van der Waals surface area contributed by atoms with Crippen molar-refractivity contribution in [2.45, 2.75) is 25.7 Å². The van der Waals surface area contributed by atoms with Crippen LogP contribution >= 0.6 is 0 Å². The monoisotopic (exact) mass is 323 g/mol. The lowest BCUT2D eigenvalue weighted by Crippen LogP contribution is -2.25. The van der Waals surface area contributed by atoms with Gasteiger partial charge >= 0.3 is 0 Å². The number of phenols is 2. The SMILES string of the molecule is CC1=CC[C@@H](c2ccccc2)[C@H](C(=O)c2c(O)cc(N)cc2O)C1. The minimum atomic E-state index is -0.321. The molecule has 0 unspecified atom stereocenters. The van der Waals surface area contributed by atoms with E-state index >= 15 is 0 Å². The Kier molecular flexibility index (Phi) is 4.30. The van der Waals surface area contributed by atoms with Gasteiger partial charge in [-0.3, -0.25) is 4.79 Å². The lowest BCUT2D eigenvalue weighted by Gasteiger charge is -2.30. The fourth-order valence-corrected chi connectivity index (χ4v) is 3.48. The Morgan fingerprint density at radius 2 is 1.75 bits per heavy atom. The highest BCUT2D eigenvalue weighted by Gasteiger charge is 2.34. The molecule has 0 aromatic heterocycles. The second-order valence-electron chi connectivity index (χ2n) is 6.41. The number of hydrogen-bond donors (Lipinski definition) is 3. The van der Waals surface area contributed by atoms with Gasteiger partial charge in [0.2, 0.25) is 0 Å². The summed E-state index contributed by atoms with van der Waals surface area (Å²) in [5, 5.41) is 20.2. The number of allylic oxidation sites excluding steroid dienone is 2. The predicted molar refractivity (Wildman–Crippen MR) is 94.2 cm³/mol. The van der Waals surface area contributed by atoms with E-state index in [9.17, 15) is 15.0 Å². The summed E-state index contributed by atoms with van der Waals surface area (Å²) >= 11 is 0. The van der Waals surface area contributed by atoms with E-state index in [1.807, 2.05) is 37.3 Å². The van der Waals surface area contributed by atoms with E-state index in [4.69, 9.17) is 5.73 Å². The van der Waals surface area contributed by atoms with Crippen LogP contribution in [0.25, 0.3) is 0 Å². The van der Waals surface area contributed by atoms with E-state index in [-0.39, 0.29) is 40.4 Å². The molecule has 0 bridgehead atoms. The van der Waals surface area contributed by atoms with Crippen molar-refractivity contribution in [3.05, 3.63) is 65.2 Å². The number of phenolic OH excluding ortho intramolecular Hbond substituents is 2. The van der Waals surface area contributed by atoms with E-state index < -0.39 is 0 Å². The molecular formula is C20H21NO3. The van der Waals surface area contributed by atoms with E-state index in [1.165, 1.54) is 12.1 Å². The van der Waals surface area contributed by atoms with Gasteiger partial charge in [0.15, 0.2) is 5.78 Å². The van der Waals surface area contributed by atoms with Crippen molar-refractivity contribution in [1.82, 2.24) is 0 Å². The van der Waals surface area contributed by atoms with E-state index in [1.54, 1.807) is 0 Å². The Bertz CT molecular complexity index is 773. The molecular weight excluding hydrogens is 302 g/mol. The van der Waals surface area contributed by atoms with Gasteiger partial charge in [0.1, 0.15) is 17.1 Å². The second-order valence-corrected chi connectivity index (χ2v) is 6.41. The first-order valence-electron chi connectivity index (χ1n) is 8.03. The van der Waals surface area contributed by atoms with Crippen LogP contribution in [0.4, 0.5) is 5.69 Å². The summed E-state index contributed by atoms with van der Waals surface area (Å²) in [6.45, 7) is 2.00. The van der Waals surface area contributed by atoms with Crippen LogP contribution < -0.4 is 5.73 Å². The van der Waals surface area contributed by atoms with Crippen LogP contribution in [0.2, 0.25) is 0 Å². The summed E-state index contributed by atoms with van der Waals surface area (Å²) < 4.78 is 0. The first-order valence-corrected chi connectivity index (χ1v) is 8.03. The average molecular weight is 323 g/mol. The molecule has 4 N–H and O–H groups in total. The number of Topliss-reactive ketones (excluding diaryl/α,β-unsaturated/α-hetero) is 1. The summed E-state index contributed by atoms with van der Waals surface area (Å²) in [4.78, 5) is 13.1. The standard InChI is InChI=1S/C20H21NO3/c1-12-7-8-15(13-5-3-2-4-6-13)16(9-12)20(24)19-17(22)10-14(21)11-18(19)23/h2-7,10-11,15-16,22-23H,8-9,21H2,1H3/t15-,16+/m0/s1. The minimum absolute atomic E-state index is 0.0266. The number of nitrogens with two attached hydrogens (primary N) is 1. The maximum Gasteiger partial charge on any atom is 0.174 e. The maximum atomic E-state index is 13.1. The first-order chi connectivity index (χ1) is 11.5. The van der Waals surface area contributed by atoms with E-state index in [0.29, 0.717) is 6.42 Å². The van der Waals surface area contributed by atoms with Gasteiger partial charge in [-0.05, 0) is 31.2 Å². The summed E-state index contributed by atoms with van der Waals surface area (Å²) in [7, 11) is 0. The predicted octanol–water partition coefficient (Wildman–Crippen LogP) is 4.00. The third kappa shape index (κ3) is 3.00. The molecule has 0 amide bonds. The van der Waals surface area contributed by atoms with Gasteiger partial charge < -0.3 is 15.9 Å². The minimum Gasteiger partial charge on any atom is -0.507 e. The zero-order chi connectivity index (χ0) is 17.3. The van der Waals surface area contributed by atoms with Crippen molar-refractivity contribution in [3.63, 3.8) is 0 Å². The van der Waals surface area contributed by atoms with Crippen molar-refractivity contribution < 1.29 is 15.0 Å². The van der Waals surface area contributed by atoms with Gasteiger partial charge in [0.25, 0.3) is 0 Å². The van der Waals surface area contributed by atoms with Crippen LogP contribution in [-0.4, -0.2) is 16.0 Å². The molecule has 124 valence electrons. The lowest BCUT2D eigenvalue weighted by molar-refractivity contribution is 0.0888. The molecule has 4 heteroatoms. The number of benzene rings is 2. The normalized spacial score (nSPS) is 20.5. The van der Waals surface area contributed by atoms with Crippen molar-refractivity contribution in [3.8, 4) is 11.5 Å². The largest absolute Gasteiger partial charge is 0.507 e. The molecule has 0 fully saturated rings. The van der Waals surface area contributed by atoms with Gasteiger partial charge in [0, 0.05) is 23.7 Å². The van der Waals surface area contributed by atoms with Gasteiger partial charge in [-0.25, -0.2) is 0 Å². The Labute approximate surface area is 141 Å². The molecule has 0 saturated heterocycles. The molecule has 24 heavy (non-hydrogen) atoms. The van der Waals surface area contributed by atoms with Crippen LogP contribution in [0.5, 0.6) is 11.5 Å². The number of nitrogen functional groups attached to an aromatic ring is 1. The molecule has 0 aliphatic heterocycles. The fourth-order valence-electron chi connectivity index (χ4n) is 3.48. The van der Waals surface area contributed by atoms with Gasteiger partial charge in [-0.2, -0.15) is 0 Å². The molecule has 2 aromatic carbocycles. The summed E-state index contributed by atoms with van der Waals surface area (Å²) in [5.41, 5.74) is 8.03. The molecule has 2 atom stereocenters. The Hall–Kier alpha value is -2.75. The first kappa shape index (κ1) is 16.1. The van der Waals surface area contributed by atoms with Crippen LogP contribution in [0.15, 0.2) is 54.1 Å². The smallest absolute Gasteiger partial charge is 0.174 e. The number of carbonyl (C=O) groups excluding carboxylic acids is 1. The van der Waals surface area contributed by atoms with Gasteiger partial charge in [0.05, 0.1) is 0 Å². The number of aromatic hydroxyl groups is 2. The van der Waals surface area contributed by atoms with E-state index in [0.717, 1.165) is 17.6 Å². The maximum absolute atomic E-state index is 13.1. The average Bonchev–Trinajstić information content (AvgIpc) is 2.54. The quantitative estimate of drug-likeness (QED) is 0.453. The lowest BCUT2D eigenvalue weighted by atomic mass is 9.72. The summed E-state index contributed by atoms with van der Waals surface area (Å²) in [6.07, 6.45) is 3.54. The van der Waals surface area contributed by atoms with Gasteiger partial charge in [-0.15, -0.1) is 0 Å². The van der Waals surface area contributed by atoms with Crippen LogP contribution in [0.1, 0.15) is 41.6 Å². The number of rotatable bonds is 3. The molecule has 1 aliphatic rings. The number of anilines is 1. The fraction of sp³-hybridized carbons (Fsp3) is 0.250. The molecule has 0 radical (unpaired) electrons.